The zero-order valence-corrected chi connectivity index (χ0v) is 15.5. The van der Waals surface area contributed by atoms with Crippen molar-refractivity contribution in [1.29, 1.82) is 0 Å². The van der Waals surface area contributed by atoms with Crippen LogP contribution in [0.25, 0.3) is 0 Å². The molecule has 1 aromatic carbocycles. The smallest absolute Gasteiger partial charge is 0.227 e. The van der Waals surface area contributed by atoms with Gasteiger partial charge >= 0.3 is 0 Å². The lowest BCUT2D eigenvalue weighted by atomic mass is 9.79. The number of carbonyl (C=O) groups excluding carboxylic acids is 2. The molecule has 2 fully saturated rings. The first-order valence-corrected chi connectivity index (χ1v) is 9.67. The third-order valence-corrected chi connectivity index (χ3v) is 6.05. The molecule has 4 nitrogen and oxygen atoms in total. The number of amides is 2. The molecular weight excluding hydrogens is 312 g/mol. The molecule has 1 unspecified atom stereocenters. The molecule has 0 N–H and O–H groups in total. The van der Waals surface area contributed by atoms with Crippen LogP contribution < -0.4 is 0 Å². The average molecular weight is 342 g/mol. The fraction of sp³-hybridized carbons (Fsp3) is 0.619. The molecule has 1 saturated carbocycles. The molecule has 4 heteroatoms. The third kappa shape index (κ3) is 3.73. The molecule has 1 heterocycles. The van der Waals surface area contributed by atoms with Crippen LogP contribution in [0.5, 0.6) is 0 Å². The number of likely N-dealkylation sites (N-methyl/N-ethyl adjacent to an activating group) is 1. The van der Waals surface area contributed by atoms with Gasteiger partial charge in [-0.25, -0.2) is 0 Å². The SMILES string of the molecule is CCN(C(C)=O)C1CN(C(=O)Cc2ccccc2)C2(CCCCC2)C1. The summed E-state index contributed by atoms with van der Waals surface area (Å²) >= 11 is 0. The highest BCUT2D eigenvalue weighted by Gasteiger charge is 2.49. The van der Waals surface area contributed by atoms with E-state index in [1.165, 1.54) is 19.3 Å². The molecule has 1 aliphatic carbocycles. The van der Waals surface area contributed by atoms with Gasteiger partial charge in [0.15, 0.2) is 0 Å². The van der Waals surface area contributed by atoms with Gasteiger partial charge in [0.2, 0.25) is 11.8 Å². The molecule has 1 aliphatic heterocycles. The Labute approximate surface area is 151 Å². The first kappa shape index (κ1) is 18.0. The Bertz CT molecular complexity index is 608. The van der Waals surface area contributed by atoms with Crippen LogP contribution >= 0.6 is 0 Å². The van der Waals surface area contributed by atoms with Gasteiger partial charge in [0, 0.05) is 25.6 Å². The summed E-state index contributed by atoms with van der Waals surface area (Å²) in [4.78, 5) is 29.2. The van der Waals surface area contributed by atoms with Crippen molar-refractivity contribution >= 4 is 11.8 Å². The fourth-order valence-corrected chi connectivity index (χ4v) is 4.88. The van der Waals surface area contributed by atoms with Crippen LogP contribution in [0.15, 0.2) is 30.3 Å². The van der Waals surface area contributed by atoms with Crippen LogP contribution in [-0.4, -0.2) is 46.3 Å². The van der Waals surface area contributed by atoms with Gasteiger partial charge in [-0.1, -0.05) is 49.6 Å². The summed E-state index contributed by atoms with van der Waals surface area (Å²) in [6.07, 6.45) is 7.21. The Morgan fingerprint density at radius 2 is 1.84 bits per heavy atom. The van der Waals surface area contributed by atoms with Crippen molar-refractivity contribution in [2.75, 3.05) is 13.1 Å². The maximum absolute atomic E-state index is 13.1. The van der Waals surface area contributed by atoms with E-state index < -0.39 is 0 Å². The van der Waals surface area contributed by atoms with Crippen molar-refractivity contribution in [1.82, 2.24) is 9.80 Å². The lowest BCUT2D eigenvalue weighted by molar-refractivity contribution is -0.136. The number of nitrogens with zero attached hydrogens (tertiary/aromatic N) is 2. The number of hydrogen-bond acceptors (Lipinski definition) is 2. The second kappa shape index (κ2) is 7.59. The highest BCUT2D eigenvalue weighted by molar-refractivity contribution is 5.80. The van der Waals surface area contributed by atoms with Gasteiger partial charge in [-0.2, -0.15) is 0 Å². The monoisotopic (exact) mass is 342 g/mol. The Morgan fingerprint density at radius 3 is 2.44 bits per heavy atom. The number of benzene rings is 1. The zero-order valence-electron chi connectivity index (χ0n) is 15.5. The largest absolute Gasteiger partial charge is 0.338 e. The van der Waals surface area contributed by atoms with E-state index in [4.69, 9.17) is 0 Å². The van der Waals surface area contributed by atoms with Crippen LogP contribution in [-0.2, 0) is 16.0 Å². The highest BCUT2D eigenvalue weighted by atomic mass is 16.2. The minimum absolute atomic E-state index is 0.0301. The van der Waals surface area contributed by atoms with Crippen molar-refractivity contribution in [3.8, 4) is 0 Å². The number of rotatable bonds is 4. The lowest BCUT2D eigenvalue weighted by Crippen LogP contribution is -2.49. The molecule has 1 saturated heterocycles. The number of carbonyl (C=O) groups is 2. The Morgan fingerprint density at radius 1 is 1.16 bits per heavy atom. The van der Waals surface area contributed by atoms with Gasteiger partial charge in [0.05, 0.1) is 12.5 Å². The Hall–Kier alpha value is -1.84. The van der Waals surface area contributed by atoms with E-state index in [0.717, 1.165) is 31.4 Å². The van der Waals surface area contributed by atoms with Gasteiger partial charge in [0.25, 0.3) is 0 Å². The molecule has 3 rings (SSSR count). The Kier molecular flexibility index (Phi) is 5.45. The molecule has 0 bridgehead atoms. The summed E-state index contributed by atoms with van der Waals surface area (Å²) in [7, 11) is 0. The predicted octanol–water partition coefficient (Wildman–Crippen LogP) is 3.40. The third-order valence-electron chi connectivity index (χ3n) is 6.05. The van der Waals surface area contributed by atoms with E-state index in [2.05, 4.69) is 4.90 Å². The van der Waals surface area contributed by atoms with Gasteiger partial charge in [-0.3, -0.25) is 9.59 Å². The maximum atomic E-state index is 13.1. The van der Waals surface area contributed by atoms with E-state index in [-0.39, 0.29) is 23.4 Å². The molecule has 1 atom stereocenters. The standard InChI is InChI=1S/C21H30N2O2/c1-3-22(17(2)24)19-15-21(12-8-5-9-13-21)23(16-19)20(25)14-18-10-6-4-7-11-18/h4,6-7,10-11,19H,3,5,8-9,12-16H2,1-2H3. The van der Waals surface area contributed by atoms with Crippen LogP contribution in [0, 0.1) is 0 Å². The van der Waals surface area contributed by atoms with E-state index in [0.29, 0.717) is 13.0 Å². The molecule has 2 aliphatic rings. The van der Waals surface area contributed by atoms with E-state index in [9.17, 15) is 9.59 Å². The number of hydrogen-bond donors (Lipinski definition) is 0. The lowest BCUT2D eigenvalue weighted by Gasteiger charge is -2.41. The molecule has 2 amide bonds. The Balaban J connectivity index is 1.81. The zero-order chi connectivity index (χ0) is 17.9. The minimum atomic E-state index is -0.0301. The highest BCUT2D eigenvalue weighted by Crippen LogP contribution is 2.43. The summed E-state index contributed by atoms with van der Waals surface area (Å²) in [6.45, 7) is 5.09. The van der Waals surface area contributed by atoms with Crippen LogP contribution in [0.3, 0.4) is 0 Å². The van der Waals surface area contributed by atoms with Crippen molar-refractivity contribution < 1.29 is 9.59 Å². The van der Waals surface area contributed by atoms with Crippen LogP contribution in [0.1, 0.15) is 57.9 Å². The molecule has 0 aromatic heterocycles. The second-order valence-electron chi connectivity index (χ2n) is 7.61. The van der Waals surface area contributed by atoms with Crippen LogP contribution in [0.2, 0.25) is 0 Å². The number of likely N-dealkylation sites (tertiary alicyclic amines) is 1. The van der Waals surface area contributed by atoms with Crippen LogP contribution in [0.4, 0.5) is 0 Å². The summed E-state index contributed by atoms with van der Waals surface area (Å²) in [5.41, 5.74) is 1.04. The minimum Gasteiger partial charge on any atom is -0.338 e. The van der Waals surface area contributed by atoms with Crippen molar-refractivity contribution in [3.05, 3.63) is 35.9 Å². The fourth-order valence-electron chi connectivity index (χ4n) is 4.88. The van der Waals surface area contributed by atoms with E-state index in [1.807, 2.05) is 42.2 Å². The van der Waals surface area contributed by atoms with Gasteiger partial charge in [-0.15, -0.1) is 0 Å². The molecule has 1 spiro atoms. The molecule has 25 heavy (non-hydrogen) atoms. The van der Waals surface area contributed by atoms with Gasteiger partial charge in [-0.05, 0) is 31.7 Å². The van der Waals surface area contributed by atoms with E-state index >= 15 is 0 Å². The van der Waals surface area contributed by atoms with Crippen molar-refractivity contribution in [3.63, 3.8) is 0 Å². The molecule has 1 aromatic rings. The summed E-state index contributed by atoms with van der Waals surface area (Å²) in [6, 6.07) is 10.2. The topological polar surface area (TPSA) is 40.6 Å². The van der Waals surface area contributed by atoms with Gasteiger partial charge in [0.1, 0.15) is 0 Å². The normalized spacial score (nSPS) is 22.2. The summed E-state index contributed by atoms with van der Waals surface area (Å²) in [5, 5.41) is 0. The summed E-state index contributed by atoms with van der Waals surface area (Å²) in [5.74, 6) is 0.339. The first-order valence-electron chi connectivity index (χ1n) is 9.67. The quantitative estimate of drug-likeness (QED) is 0.841. The first-order chi connectivity index (χ1) is 12.1. The van der Waals surface area contributed by atoms with Crippen molar-refractivity contribution in [2.45, 2.75) is 70.4 Å². The maximum Gasteiger partial charge on any atom is 0.227 e. The predicted molar refractivity (Wildman–Crippen MR) is 99.1 cm³/mol. The molecule has 0 radical (unpaired) electrons. The van der Waals surface area contributed by atoms with Crippen molar-refractivity contribution in [2.24, 2.45) is 0 Å². The average Bonchev–Trinajstić information content (AvgIpc) is 2.95. The second-order valence-corrected chi connectivity index (χ2v) is 7.61. The molecular formula is C21H30N2O2. The molecule has 136 valence electrons. The van der Waals surface area contributed by atoms with E-state index in [1.54, 1.807) is 6.92 Å². The summed E-state index contributed by atoms with van der Waals surface area (Å²) < 4.78 is 0. The van der Waals surface area contributed by atoms with Gasteiger partial charge < -0.3 is 9.80 Å².